The Bertz CT molecular complexity index is 868. The number of carbonyl (C=O) groups is 1. The van der Waals surface area contributed by atoms with Crippen molar-refractivity contribution in [1.29, 1.82) is 0 Å². The smallest absolute Gasteiger partial charge is 0.227 e. The van der Waals surface area contributed by atoms with Gasteiger partial charge < -0.3 is 21.7 Å². The van der Waals surface area contributed by atoms with E-state index in [1.165, 1.54) is 24.3 Å². The molecule has 0 fully saturated rings. The predicted octanol–water partition coefficient (Wildman–Crippen LogP) is 0.283. The Morgan fingerprint density at radius 2 is 1.77 bits per heavy atom. The van der Waals surface area contributed by atoms with Crippen molar-refractivity contribution in [2.75, 3.05) is 0 Å². The summed E-state index contributed by atoms with van der Waals surface area (Å²) < 4.78 is 20.4. The van der Waals surface area contributed by atoms with Gasteiger partial charge in [0, 0.05) is 23.4 Å². The number of ketones is 1. The molecule has 3 aromatic rings. The number of rotatable bonds is 6. The molecule has 3 rings (SSSR count). The van der Waals surface area contributed by atoms with E-state index in [9.17, 15) is 9.18 Å². The zero-order chi connectivity index (χ0) is 17.6. The molecule has 0 saturated heterocycles. The van der Waals surface area contributed by atoms with Crippen molar-refractivity contribution in [3.05, 3.63) is 89.8 Å². The summed E-state index contributed by atoms with van der Waals surface area (Å²) in [6.45, 7) is 2.51. The van der Waals surface area contributed by atoms with E-state index in [1.807, 2.05) is 25.1 Å². The molecule has 0 aliphatic carbocycles. The van der Waals surface area contributed by atoms with Crippen LogP contribution in [-0.2, 0) is 13.2 Å². The van der Waals surface area contributed by atoms with Gasteiger partial charge in [-0.3, -0.25) is 9.78 Å². The molecule has 0 N–H and O–H groups in total. The van der Waals surface area contributed by atoms with E-state index in [0.717, 1.165) is 11.4 Å². The third kappa shape index (κ3) is 5.46. The molecule has 1 aromatic carbocycles. The van der Waals surface area contributed by atoms with Gasteiger partial charge in [0.2, 0.25) is 12.3 Å². The Morgan fingerprint density at radius 3 is 2.42 bits per heavy atom. The molecule has 0 amide bonds. The highest BCUT2D eigenvalue weighted by Crippen LogP contribution is 2.10. The second-order valence-electron chi connectivity index (χ2n) is 5.70. The number of aryl methyl sites for hydroxylation is 1. The normalized spacial score (nSPS) is 10.1. The maximum Gasteiger partial charge on any atom is 0.227 e. The number of hydrogen-bond acceptors (Lipinski definition) is 3. The van der Waals surface area contributed by atoms with Crippen LogP contribution in [0.2, 0.25) is 0 Å². The molecule has 134 valence electrons. The number of Topliss-reactive ketones (excluding diaryl/α,β-unsaturated/α-hetero) is 1. The first-order chi connectivity index (χ1) is 12.1. The molecule has 4 nitrogen and oxygen atoms in total. The van der Waals surface area contributed by atoms with E-state index in [2.05, 4.69) is 4.98 Å². The van der Waals surface area contributed by atoms with Gasteiger partial charge in [0.25, 0.3) is 0 Å². The van der Waals surface area contributed by atoms with Crippen LogP contribution < -0.4 is 26.3 Å². The van der Waals surface area contributed by atoms with Crippen LogP contribution in [0.15, 0.2) is 67.0 Å². The monoisotopic (exact) mass is 416 g/mol. The van der Waals surface area contributed by atoms with Crippen LogP contribution in [0.1, 0.15) is 21.7 Å². The maximum absolute atomic E-state index is 12.9. The number of halogens is 2. The molecule has 0 saturated carbocycles. The zero-order valence-corrected chi connectivity index (χ0v) is 15.8. The molecular formula is C20H18BrFN2O2. The summed E-state index contributed by atoms with van der Waals surface area (Å²) in [5.41, 5.74) is 2.30. The van der Waals surface area contributed by atoms with E-state index >= 15 is 0 Å². The topological polar surface area (TPSA) is 43.1 Å². The van der Waals surface area contributed by atoms with Gasteiger partial charge in [-0.05, 0) is 43.3 Å². The van der Waals surface area contributed by atoms with Gasteiger partial charge in [-0.15, -0.1) is 0 Å². The van der Waals surface area contributed by atoms with Crippen molar-refractivity contribution < 1.29 is 35.5 Å². The van der Waals surface area contributed by atoms with Crippen LogP contribution in [-0.4, -0.2) is 10.8 Å². The average molecular weight is 417 g/mol. The van der Waals surface area contributed by atoms with Crippen molar-refractivity contribution in [2.45, 2.75) is 20.1 Å². The van der Waals surface area contributed by atoms with E-state index in [-0.39, 0.29) is 35.1 Å². The number of benzene rings is 1. The van der Waals surface area contributed by atoms with Gasteiger partial charge in [0.1, 0.15) is 18.2 Å². The fraction of sp³-hybridized carbons (Fsp3) is 0.150. The molecule has 2 aromatic heterocycles. The summed E-state index contributed by atoms with van der Waals surface area (Å²) in [5.74, 6) is 0.269. The van der Waals surface area contributed by atoms with Crippen molar-refractivity contribution in [2.24, 2.45) is 0 Å². The molecular weight excluding hydrogens is 399 g/mol. The summed E-state index contributed by atoms with van der Waals surface area (Å²) in [6.07, 6.45) is 3.56. The van der Waals surface area contributed by atoms with Crippen molar-refractivity contribution in [1.82, 2.24) is 4.98 Å². The molecule has 0 spiro atoms. The summed E-state index contributed by atoms with van der Waals surface area (Å²) in [6, 6.07) is 14.9. The Hall–Kier alpha value is -2.60. The minimum Gasteiger partial charge on any atom is -1.00 e. The standard InChI is InChI=1S/C20H18FN2O2.BrH/c1-15-3-2-4-18(22-15)14-25-19-9-11-23(12-10-19)13-20(24)16-5-7-17(21)8-6-16;/h2-12H,13-14H2,1H3;1H/q+1;/p-1. The SMILES string of the molecule is Cc1cccc(COc2cc[n+](CC(=O)c3ccc(F)cc3)cc2)n1.[Br-]. The van der Waals surface area contributed by atoms with Gasteiger partial charge in [0.15, 0.2) is 12.4 Å². The first kappa shape index (κ1) is 19.7. The summed E-state index contributed by atoms with van der Waals surface area (Å²) in [5, 5.41) is 0. The lowest BCUT2D eigenvalue weighted by atomic mass is 10.1. The number of hydrogen-bond donors (Lipinski definition) is 0. The number of carbonyl (C=O) groups excluding carboxylic acids is 1. The Morgan fingerprint density at radius 1 is 1.08 bits per heavy atom. The summed E-state index contributed by atoms with van der Waals surface area (Å²) in [4.78, 5) is 16.6. The summed E-state index contributed by atoms with van der Waals surface area (Å²) >= 11 is 0. The van der Waals surface area contributed by atoms with Crippen LogP contribution in [0.5, 0.6) is 5.75 Å². The van der Waals surface area contributed by atoms with Crippen molar-refractivity contribution >= 4 is 5.78 Å². The van der Waals surface area contributed by atoms with Crippen LogP contribution in [0.25, 0.3) is 0 Å². The molecule has 0 bridgehead atoms. The highest BCUT2D eigenvalue weighted by molar-refractivity contribution is 5.94. The van der Waals surface area contributed by atoms with Crippen LogP contribution in [0.3, 0.4) is 0 Å². The van der Waals surface area contributed by atoms with Gasteiger partial charge in [-0.2, -0.15) is 4.57 Å². The van der Waals surface area contributed by atoms with E-state index in [4.69, 9.17) is 4.74 Å². The molecule has 6 heteroatoms. The first-order valence-electron chi connectivity index (χ1n) is 7.93. The number of ether oxygens (including phenoxy) is 1. The minimum absolute atomic E-state index is 0. The highest BCUT2D eigenvalue weighted by atomic mass is 79.9. The Labute approximate surface area is 162 Å². The van der Waals surface area contributed by atoms with Crippen molar-refractivity contribution in [3.8, 4) is 5.75 Å². The lowest BCUT2D eigenvalue weighted by Crippen LogP contribution is -3.00. The summed E-state index contributed by atoms with van der Waals surface area (Å²) in [7, 11) is 0. The minimum atomic E-state index is -0.353. The van der Waals surface area contributed by atoms with E-state index in [0.29, 0.717) is 17.9 Å². The fourth-order valence-corrected chi connectivity index (χ4v) is 2.38. The molecule has 0 aliphatic heterocycles. The number of aromatic nitrogens is 2. The van der Waals surface area contributed by atoms with Gasteiger partial charge >= 0.3 is 0 Å². The van der Waals surface area contributed by atoms with Gasteiger partial charge in [-0.1, -0.05) is 6.07 Å². The first-order valence-corrected chi connectivity index (χ1v) is 7.93. The lowest BCUT2D eigenvalue weighted by Gasteiger charge is -2.05. The molecule has 0 aliphatic rings. The largest absolute Gasteiger partial charge is 1.00 e. The molecule has 26 heavy (non-hydrogen) atoms. The lowest BCUT2D eigenvalue weighted by molar-refractivity contribution is -0.683. The number of nitrogens with zero attached hydrogens (tertiary/aromatic N) is 2. The second-order valence-corrected chi connectivity index (χ2v) is 5.70. The third-order valence-corrected chi connectivity index (χ3v) is 3.69. The van der Waals surface area contributed by atoms with Crippen molar-refractivity contribution in [3.63, 3.8) is 0 Å². The Balaban J connectivity index is 0.00000243. The molecule has 0 radical (unpaired) electrons. The Kier molecular flexibility index (Phi) is 6.97. The second kappa shape index (κ2) is 9.20. The molecule has 0 atom stereocenters. The number of pyridine rings is 2. The average Bonchev–Trinajstić information content (AvgIpc) is 2.62. The zero-order valence-electron chi connectivity index (χ0n) is 14.2. The quantitative estimate of drug-likeness (QED) is 0.428. The molecule has 0 unspecified atom stereocenters. The fourth-order valence-electron chi connectivity index (χ4n) is 2.38. The third-order valence-electron chi connectivity index (χ3n) is 3.69. The van der Waals surface area contributed by atoms with E-state index < -0.39 is 0 Å². The maximum atomic E-state index is 12.9. The van der Waals surface area contributed by atoms with Crippen LogP contribution >= 0.6 is 0 Å². The van der Waals surface area contributed by atoms with Crippen LogP contribution in [0, 0.1) is 12.7 Å². The highest BCUT2D eigenvalue weighted by Gasteiger charge is 2.12. The predicted molar refractivity (Wildman–Crippen MR) is 90.7 cm³/mol. The molecule has 2 heterocycles. The van der Waals surface area contributed by atoms with Gasteiger partial charge in [-0.25, -0.2) is 4.39 Å². The van der Waals surface area contributed by atoms with Gasteiger partial charge in [0.05, 0.1) is 5.69 Å². The van der Waals surface area contributed by atoms with E-state index in [1.54, 1.807) is 29.1 Å². The van der Waals surface area contributed by atoms with Crippen LogP contribution in [0.4, 0.5) is 4.39 Å².